The number of hydrogen-bond acceptors (Lipinski definition) is 2. The lowest BCUT2D eigenvalue weighted by atomic mass is 9.93. The standard InChI is InChI=1S/C14H20N2O/c1-13(2)15-14(3,12(17)16(13)4)10-11-8-6-5-7-9-11/h5-9,15H,10H2,1-4H3/t14-/m0/s1. The van der Waals surface area contributed by atoms with Crippen LogP contribution in [0.3, 0.4) is 0 Å². The van der Waals surface area contributed by atoms with Crippen molar-refractivity contribution in [2.24, 2.45) is 0 Å². The van der Waals surface area contributed by atoms with E-state index in [4.69, 9.17) is 0 Å². The lowest BCUT2D eigenvalue weighted by Crippen LogP contribution is -2.50. The van der Waals surface area contributed by atoms with Gasteiger partial charge in [0.1, 0.15) is 5.54 Å². The maximum atomic E-state index is 12.3. The smallest absolute Gasteiger partial charge is 0.244 e. The van der Waals surface area contributed by atoms with E-state index in [0.29, 0.717) is 0 Å². The van der Waals surface area contributed by atoms with Gasteiger partial charge in [-0.3, -0.25) is 10.1 Å². The van der Waals surface area contributed by atoms with Gasteiger partial charge < -0.3 is 4.90 Å². The first-order valence-corrected chi connectivity index (χ1v) is 5.97. The monoisotopic (exact) mass is 232 g/mol. The van der Waals surface area contributed by atoms with Crippen molar-refractivity contribution in [3.8, 4) is 0 Å². The molecule has 0 aromatic heterocycles. The Labute approximate surface area is 103 Å². The third kappa shape index (κ3) is 2.07. The van der Waals surface area contributed by atoms with E-state index in [1.165, 1.54) is 5.56 Å². The molecule has 0 saturated carbocycles. The quantitative estimate of drug-likeness (QED) is 0.843. The zero-order valence-electron chi connectivity index (χ0n) is 10.9. The molecular weight excluding hydrogens is 212 g/mol. The minimum atomic E-state index is -0.500. The molecule has 1 atom stereocenters. The Morgan fingerprint density at radius 1 is 1.18 bits per heavy atom. The van der Waals surface area contributed by atoms with Gasteiger partial charge in [-0.25, -0.2) is 0 Å². The second kappa shape index (κ2) is 3.84. The minimum Gasteiger partial charge on any atom is -0.326 e. The van der Waals surface area contributed by atoms with Gasteiger partial charge in [0.2, 0.25) is 5.91 Å². The molecule has 2 rings (SSSR count). The van der Waals surface area contributed by atoms with E-state index < -0.39 is 5.54 Å². The molecule has 3 nitrogen and oxygen atoms in total. The van der Waals surface area contributed by atoms with Crippen LogP contribution < -0.4 is 5.32 Å². The summed E-state index contributed by atoms with van der Waals surface area (Å²) in [5, 5.41) is 3.43. The van der Waals surface area contributed by atoms with Crippen molar-refractivity contribution in [3.05, 3.63) is 35.9 Å². The van der Waals surface area contributed by atoms with Crippen molar-refractivity contribution < 1.29 is 4.79 Å². The number of carbonyl (C=O) groups is 1. The molecule has 0 spiro atoms. The number of carbonyl (C=O) groups excluding carboxylic acids is 1. The number of rotatable bonds is 2. The van der Waals surface area contributed by atoms with E-state index in [2.05, 4.69) is 17.4 Å². The van der Waals surface area contributed by atoms with Gasteiger partial charge >= 0.3 is 0 Å². The molecule has 1 saturated heterocycles. The fraction of sp³-hybridized carbons (Fsp3) is 0.500. The summed E-state index contributed by atoms with van der Waals surface area (Å²) in [5.41, 5.74) is 0.405. The van der Waals surface area contributed by atoms with Crippen LogP contribution in [0, 0.1) is 0 Å². The summed E-state index contributed by atoms with van der Waals surface area (Å²) < 4.78 is 0. The van der Waals surface area contributed by atoms with E-state index in [1.807, 2.05) is 46.0 Å². The molecule has 0 bridgehead atoms. The van der Waals surface area contributed by atoms with Crippen molar-refractivity contribution in [1.29, 1.82) is 0 Å². The molecule has 1 aromatic rings. The topological polar surface area (TPSA) is 32.3 Å². The Hall–Kier alpha value is -1.35. The maximum Gasteiger partial charge on any atom is 0.244 e. The van der Waals surface area contributed by atoms with Crippen LogP contribution in [-0.2, 0) is 11.2 Å². The Balaban J connectivity index is 2.24. The van der Waals surface area contributed by atoms with E-state index in [9.17, 15) is 4.79 Å². The zero-order chi connectivity index (χ0) is 12.7. The molecule has 17 heavy (non-hydrogen) atoms. The van der Waals surface area contributed by atoms with Gasteiger partial charge in [-0.1, -0.05) is 30.3 Å². The van der Waals surface area contributed by atoms with Crippen LogP contribution in [0.1, 0.15) is 26.3 Å². The van der Waals surface area contributed by atoms with Gasteiger partial charge in [-0.2, -0.15) is 0 Å². The molecule has 0 aliphatic carbocycles. The zero-order valence-corrected chi connectivity index (χ0v) is 10.9. The van der Waals surface area contributed by atoms with Gasteiger partial charge in [0, 0.05) is 7.05 Å². The largest absolute Gasteiger partial charge is 0.326 e. The third-order valence-corrected chi connectivity index (χ3v) is 3.60. The normalized spacial score (nSPS) is 27.5. The van der Waals surface area contributed by atoms with Crippen LogP contribution in [0.5, 0.6) is 0 Å². The number of benzene rings is 1. The van der Waals surface area contributed by atoms with E-state index >= 15 is 0 Å². The number of hydrogen-bond donors (Lipinski definition) is 1. The number of nitrogens with zero attached hydrogens (tertiary/aromatic N) is 1. The van der Waals surface area contributed by atoms with Gasteiger partial charge in [-0.05, 0) is 32.8 Å². The molecule has 1 fully saturated rings. The highest BCUT2D eigenvalue weighted by atomic mass is 16.2. The Bertz CT molecular complexity index is 427. The first-order valence-electron chi connectivity index (χ1n) is 5.97. The van der Waals surface area contributed by atoms with Crippen LogP contribution in [0.15, 0.2) is 30.3 Å². The highest BCUT2D eigenvalue weighted by Gasteiger charge is 2.50. The van der Waals surface area contributed by atoms with E-state index in [-0.39, 0.29) is 11.6 Å². The fourth-order valence-electron chi connectivity index (χ4n) is 2.56. The van der Waals surface area contributed by atoms with Crippen molar-refractivity contribution in [1.82, 2.24) is 10.2 Å². The lowest BCUT2D eigenvalue weighted by Gasteiger charge is -2.28. The summed E-state index contributed by atoms with van der Waals surface area (Å²) in [6.07, 6.45) is 0.723. The van der Waals surface area contributed by atoms with Crippen LogP contribution in [0.25, 0.3) is 0 Å². The highest BCUT2D eigenvalue weighted by molar-refractivity contribution is 5.89. The van der Waals surface area contributed by atoms with Crippen LogP contribution in [-0.4, -0.2) is 29.1 Å². The Morgan fingerprint density at radius 2 is 1.76 bits per heavy atom. The summed E-state index contributed by atoms with van der Waals surface area (Å²) in [6, 6.07) is 10.1. The van der Waals surface area contributed by atoms with Crippen LogP contribution >= 0.6 is 0 Å². The summed E-state index contributed by atoms with van der Waals surface area (Å²) in [6.45, 7) is 6.04. The van der Waals surface area contributed by atoms with Crippen LogP contribution in [0.2, 0.25) is 0 Å². The molecule has 3 heteroatoms. The third-order valence-electron chi connectivity index (χ3n) is 3.60. The summed E-state index contributed by atoms with van der Waals surface area (Å²) in [5.74, 6) is 0.159. The highest BCUT2D eigenvalue weighted by Crippen LogP contribution is 2.29. The second-order valence-electron chi connectivity index (χ2n) is 5.54. The molecule has 92 valence electrons. The number of likely N-dealkylation sites (N-methyl/N-ethyl adjacent to an activating group) is 1. The maximum absolute atomic E-state index is 12.3. The van der Waals surface area contributed by atoms with Gasteiger partial charge in [0.25, 0.3) is 0 Å². The predicted octanol–water partition coefficient (Wildman–Crippen LogP) is 1.79. The van der Waals surface area contributed by atoms with Gasteiger partial charge in [0.05, 0.1) is 5.66 Å². The van der Waals surface area contributed by atoms with Crippen molar-refractivity contribution in [3.63, 3.8) is 0 Å². The molecule has 0 radical (unpaired) electrons. The number of amides is 1. The second-order valence-corrected chi connectivity index (χ2v) is 5.54. The first kappa shape index (κ1) is 12.1. The summed E-state index contributed by atoms with van der Waals surface area (Å²) >= 11 is 0. The average Bonchev–Trinajstić information content (AvgIpc) is 2.40. The van der Waals surface area contributed by atoms with E-state index in [1.54, 1.807) is 4.90 Å². The van der Waals surface area contributed by atoms with Gasteiger partial charge in [-0.15, -0.1) is 0 Å². The Kier molecular flexibility index (Phi) is 2.74. The molecule has 1 amide bonds. The molecule has 1 aromatic carbocycles. The van der Waals surface area contributed by atoms with Gasteiger partial charge in [0.15, 0.2) is 0 Å². The fourth-order valence-corrected chi connectivity index (χ4v) is 2.56. The first-order chi connectivity index (χ1) is 7.85. The molecule has 1 N–H and O–H groups in total. The van der Waals surface area contributed by atoms with Crippen molar-refractivity contribution in [2.45, 2.75) is 38.4 Å². The average molecular weight is 232 g/mol. The van der Waals surface area contributed by atoms with Crippen molar-refractivity contribution in [2.75, 3.05) is 7.05 Å². The molecule has 1 heterocycles. The summed E-state index contributed by atoms with van der Waals surface area (Å²) in [7, 11) is 1.85. The SMILES string of the molecule is CN1C(=O)[C@](C)(Cc2ccccc2)NC1(C)C. The predicted molar refractivity (Wildman–Crippen MR) is 68.5 cm³/mol. The van der Waals surface area contributed by atoms with Crippen LogP contribution in [0.4, 0.5) is 0 Å². The number of nitrogens with one attached hydrogen (secondary N) is 1. The molecule has 0 unspecified atom stereocenters. The lowest BCUT2D eigenvalue weighted by molar-refractivity contribution is -0.132. The molecule has 1 aliphatic rings. The molecule has 1 aliphatic heterocycles. The van der Waals surface area contributed by atoms with Crippen molar-refractivity contribution >= 4 is 5.91 Å². The molecular formula is C14H20N2O. The Morgan fingerprint density at radius 3 is 2.24 bits per heavy atom. The minimum absolute atomic E-state index is 0.159. The summed E-state index contributed by atoms with van der Waals surface area (Å²) in [4.78, 5) is 14.1. The van der Waals surface area contributed by atoms with E-state index in [0.717, 1.165) is 6.42 Å².